The van der Waals surface area contributed by atoms with Gasteiger partial charge in [0.15, 0.2) is 0 Å². The lowest BCUT2D eigenvalue weighted by Crippen LogP contribution is -2.27. The average Bonchev–Trinajstić information content (AvgIpc) is 2.44. The molecule has 0 heterocycles. The molecule has 1 aromatic rings. The van der Waals surface area contributed by atoms with Crippen LogP contribution in [0.15, 0.2) is 36.9 Å². The molecule has 0 aromatic heterocycles. The van der Waals surface area contributed by atoms with Crippen LogP contribution < -0.4 is 16.0 Å². The molecule has 1 rings (SSSR count). The van der Waals surface area contributed by atoms with E-state index in [9.17, 15) is 0 Å². The molecule has 0 bridgehead atoms. The van der Waals surface area contributed by atoms with Crippen molar-refractivity contribution in [3.63, 3.8) is 0 Å². The molecule has 0 fully saturated rings. The summed E-state index contributed by atoms with van der Waals surface area (Å²) in [7, 11) is 0. The van der Waals surface area contributed by atoms with E-state index in [2.05, 4.69) is 24.1 Å². The molecule has 1 aromatic carbocycles. The van der Waals surface area contributed by atoms with Crippen LogP contribution in [-0.4, -0.2) is 6.61 Å². The molecule has 0 aliphatic rings. The van der Waals surface area contributed by atoms with Gasteiger partial charge in [-0.1, -0.05) is 31.1 Å². The van der Waals surface area contributed by atoms with Gasteiger partial charge in [0, 0.05) is 6.04 Å². The van der Waals surface area contributed by atoms with Crippen molar-refractivity contribution < 1.29 is 4.74 Å². The number of nitrogens with two attached hydrogens (primary N) is 1. The van der Waals surface area contributed by atoms with Gasteiger partial charge in [-0.15, -0.1) is 6.58 Å². The largest absolute Gasteiger partial charge is 0.494 e. The van der Waals surface area contributed by atoms with E-state index in [4.69, 9.17) is 10.6 Å². The summed E-state index contributed by atoms with van der Waals surface area (Å²) >= 11 is 0. The Hall–Kier alpha value is -1.32. The first kappa shape index (κ1) is 15.7. The maximum Gasteiger partial charge on any atom is 0.119 e. The highest BCUT2D eigenvalue weighted by Crippen LogP contribution is 2.22. The monoisotopic (exact) mass is 262 g/mol. The quantitative estimate of drug-likeness (QED) is 0.292. The standard InChI is InChI=1S/C16H26N2O/c1-3-5-6-7-8-9-16(18-17)14-10-12-15(13-11-14)19-4-2/h3,10-13,16,18H,1,4-9,17H2,2H3. The molecule has 106 valence electrons. The van der Waals surface area contributed by atoms with Crippen LogP contribution in [0, 0.1) is 0 Å². The van der Waals surface area contributed by atoms with Crippen molar-refractivity contribution >= 4 is 0 Å². The first-order valence-electron chi connectivity index (χ1n) is 7.11. The summed E-state index contributed by atoms with van der Waals surface area (Å²) < 4.78 is 5.44. The lowest BCUT2D eigenvalue weighted by molar-refractivity contribution is 0.340. The number of rotatable bonds is 10. The summed E-state index contributed by atoms with van der Waals surface area (Å²) in [5.41, 5.74) is 4.12. The number of hydrogen-bond donors (Lipinski definition) is 2. The fraction of sp³-hybridized carbons (Fsp3) is 0.500. The lowest BCUT2D eigenvalue weighted by Gasteiger charge is -2.16. The van der Waals surface area contributed by atoms with Gasteiger partial charge in [-0.3, -0.25) is 11.3 Å². The highest BCUT2D eigenvalue weighted by molar-refractivity contribution is 5.29. The van der Waals surface area contributed by atoms with Gasteiger partial charge in [-0.05, 0) is 43.9 Å². The van der Waals surface area contributed by atoms with Crippen molar-refractivity contribution in [1.29, 1.82) is 0 Å². The van der Waals surface area contributed by atoms with Crippen LogP contribution in [0.5, 0.6) is 5.75 Å². The zero-order chi connectivity index (χ0) is 13.9. The molecular weight excluding hydrogens is 236 g/mol. The van der Waals surface area contributed by atoms with Crippen LogP contribution in [-0.2, 0) is 0 Å². The highest BCUT2D eigenvalue weighted by atomic mass is 16.5. The molecule has 0 radical (unpaired) electrons. The molecule has 0 amide bonds. The van der Waals surface area contributed by atoms with Gasteiger partial charge >= 0.3 is 0 Å². The van der Waals surface area contributed by atoms with Crippen LogP contribution in [0.25, 0.3) is 0 Å². The molecule has 3 nitrogen and oxygen atoms in total. The Labute approximate surface area is 116 Å². The summed E-state index contributed by atoms with van der Waals surface area (Å²) in [5, 5.41) is 0. The Morgan fingerprint density at radius 1 is 1.26 bits per heavy atom. The van der Waals surface area contributed by atoms with Crippen molar-refractivity contribution in [2.75, 3.05) is 6.61 Å². The second-order valence-electron chi connectivity index (χ2n) is 4.65. The molecule has 0 aliphatic carbocycles. The third kappa shape index (κ3) is 5.90. The molecular formula is C16H26N2O. The Bertz CT molecular complexity index is 348. The average molecular weight is 262 g/mol. The van der Waals surface area contributed by atoms with Gasteiger partial charge < -0.3 is 4.74 Å². The van der Waals surface area contributed by atoms with Gasteiger partial charge in [-0.2, -0.15) is 0 Å². The molecule has 1 unspecified atom stereocenters. The summed E-state index contributed by atoms with van der Waals surface area (Å²) in [5.74, 6) is 6.56. The van der Waals surface area contributed by atoms with E-state index in [0.717, 1.165) is 18.6 Å². The molecule has 1 atom stereocenters. The van der Waals surface area contributed by atoms with Crippen LogP contribution in [0.4, 0.5) is 0 Å². The first-order valence-corrected chi connectivity index (χ1v) is 7.11. The van der Waals surface area contributed by atoms with E-state index in [1.807, 2.05) is 25.1 Å². The van der Waals surface area contributed by atoms with Crippen molar-refractivity contribution in [3.05, 3.63) is 42.5 Å². The highest BCUT2D eigenvalue weighted by Gasteiger charge is 2.09. The van der Waals surface area contributed by atoms with E-state index in [1.54, 1.807) is 0 Å². The number of nitrogens with one attached hydrogen (secondary N) is 1. The zero-order valence-corrected chi connectivity index (χ0v) is 11.9. The molecule has 19 heavy (non-hydrogen) atoms. The van der Waals surface area contributed by atoms with Crippen LogP contribution in [0.1, 0.15) is 50.6 Å². The van der Waals surface area contributed by atoms with Crippen molar-refractivity contribution in [1.82, 2.24) is 5.43 Å². The molecule has 0 spiro atoms. The maximum atomic E-state index is 5.65. The summed E-state index contributed by atoms with van der Waals surface area (Å²) in [4.78, 5) is 0. The van der Waals surface area contributed by atoms with Gasteiger partial charge in [0.25, 0.3) is 0 Å². The molecule has 0 aliphatic heterocycles. The van der Waals surface area contributed by atoms with Gasteiger partial charge in [0.2, 0.25) is 0 Å². The maximum absolute atomic E-state index is 5.65. The lowest BCUT2D eigenvalue weighted by atomic mass is 10.0. The molecule has 3 N–H and O–H groups in total. The van der Waals surface area contributed by atoms with Crippen molar-refractivity contribution in [2.24, 2.45) is 5.84 Å². The van der Waals surface area contributed by atoms with Crippen LogP contribution in [0.3, 0.4) is 0 Å². The van der Waals surface area contributed by atoms with Gasteiger partial charge in [-0.25, -0.2) is 0 Å². The second-order valence-corrected chi connectivity index (χ2v) is 4.65. The van der Waals surface area contributed by atoms with Crippen molar-refractivity contribution in [2.45, 2.75) is 45.1 Å². The van der Waals surface area contributed by atoms with E-state index in [0.29, 0.717) is 6.61 Å². The number of allylic oxidation sites excluding steroid dienone is 1. The molecule has 3 heteroatoms. The number of benzene rings is 1. The fourth-order valence-electron chi connectivity index (χ4n) is 2.12. The fourth-order valence-corrected chi connectivity index (χ4v) is 2.12. The number of ether oxygens (including phenoxy) is 1. The summed E-state index contributed by atoms with van der Waals surface area (Å²) in [6.45, 7) is 6.42. The topological polar surface area (TPSA) is 47.3 Å². The van der Waals surface area contributed by atoms with Gasteiger partial charge in [0.1, 0.15) is 5.75 Å². The Balaban J connectivity index is 2.42. The third-order valence-electron chi connectivity index (χ3n) is 3.20. The van der Waals surface area contributed by atoms with Crippen LogP contribution >= 0.6 is 0 Å². The Morgan fingerprint density at radius 2 is 2.00 bits per heavy atom. The molecule has 0 saturated carbocycles. The predicted octanol–water partition coefficient (Wildman–Crippen LogP) is 3.73. The zero-order valence-electron chi connectivity index (χ0n) is 11.9. The minimum atomic E-state index is 0.222. The second kappa shape index (κ2) is 9.59. The van der Waals surface area contributed by atoms with E-state index in [-0.39, 0.29) is 6.04 Å². The summed E-state index contributed by atoms with van der Waals surface area (Å²) in [6.07, 6.45) is 7.75. The summed E-state index contributed by atoms with van der Waals surface area (Å²) in [6, 6.07) is 8.39. The minimum Gasteiger partial charge on any atom is -0.494 e. The van der Waals surface area contributed by atoms with E-state index in [1.165, 1.54) is 24.8 Å². The Morgan fingerprint density at radius 3 is 2.58 bits per heavy atom. The number of unbranched alkanes of at least 4 members (excludes halogenated alkanes) is 3. The normalized spacial score (nSPS) is 12.1. The number of hydrazine groups is 1. The first-order chi connectivity index (χ1) is 9.31. The van der Waals surface area contributed by atoms with Gasteiger partial charge in [0.05, 0.1) is 6.61 Å². The van der Waals surface area contributed by atoms with E-state index >= 15 is 0 Å². The third-order valence-corrected chi connectivity index (χ3v) is 3.20. The van der Waals surface area contributed by atoms with E-state index < -0.39 is 0 Å². The number of hydrogen-bond acceptors (Lipinski definition) is 3. The molecule has 0 saturated heterocycles. The van der Waals surface area contributed by atoms with Crippen LogP contribution in [0.2, 0.25) is 0 Å². The smallest absolute Gasteiger partial charge is 0.119 e. The predicted molar refractivity (Wildman–Crippen MR) is 81.0 cm³/mol. The van der Waals surface area contributed by atoms with Crippen molar-refractivity contribution in [3.8, 4) is 5.75 Å². The minimum absolute atomic E-state index is 0.222. The SMILES string of the molecule is C=CCCCCCC(NN)c1ccc(OCC)cc1. The Kier molecular flexibility index (Phi) is 7.94.